The predicted molar refractivity (Wildman–Crippen MR) is 75.0 cm³/mol. The number of hydrogen-bond acceptors (Lipinski definition) is 4. The molecule has 6 nitrogen and oxygen atoms in total. The van der Waals surface area contributed by atoms with Gasteiger partial charge in [0.1, 0.15) is 0 Å². The van der Waals surface area contributed by atoms with Gasteiger partial charge in [0.2, 0.25) is 0 Å². The first-order valence-corrected chi connectivity index (χ1v) is 6.46. The molecular formula is C12H19ClN6. The lowest BCUT2D eigenvalue weighted by atomic mass is 10.1. The zero-order valence-electron chi connectivity index (χ0n) is 11.4. The van der Waals surface area contributed by atoms with E-state index in [0.29, 0.717) is 5.02 Å². The molecule has 1 atom stereocenters. The first-order chi connectivity index (χ1) is 8.99. The molecule has 2 heterocycles. The molecule has 104 valence electrons. The predicted octanol–water partition coefficient (Wildman–Crippen LogP) is 0.880. The molecular weight excluding hydrogens is 264 g/mol. The van der Waals surface area contributed by atoms with Crippen molar-refractivity contribution in [2.75, 3.05) is 20.6 Å². The van der Waals surface area contributed by atoms with E-state index < -0.39 is 0 Å². The standard InChI is InChI=1S/C12H19ClN6/c1-17(2)4-5-19-12(9(13)6-16-19)11(14)10-7-18(3)8-15-10/h6-8,11H,4-5,14H2,1-3H3. The Morgan fingerprint density at radius 2 is 2.21 bits per heavy atom. The third kappa shape index (κ3) is 3.15. The lowest BCUT2D eigenvalue weighted by molar-refractivity contribution is 0.368. The lowest BCUT2D eigenvalue weighted by Crippen LogP contribution is -2.23. The summed E-state index contributed by atoms with van der Waals surface area (Å²) in [6, 6.07) is -0.363. The van der Waals surface area contributed by atoms with Crippen molar-refractivity contribution in [2.24, 2.45) is 12.8 Å². The monoisotopic (exact) mass is 282 g/mol. The highest BCUT2D eigenvalue weighted by Gasteiger charge is 2.20. The number of rotatable bonds is 5. The molecule has 0 bridgehead atoms. The van der Waals surface area contributed by atoms with E-state index in [0.717, 1.165) is 24.5 Å². The molecule has 0 saturated carbocycles. The molecule has 0 saturated heterocycles. The summed E-state index contributed by atoms with van der Waals surface area (Å²) >= 11 is 6.20. The average molecular weight is 283 g/mol. The van der Waals surface area contributed by atoms with Crippen LogP contribution in [0.4, 0.5) is 0 Å². The molecule has 2 N–H and O–H groups in total. The van der Waals surface area contributed by atoms with Crippen molar-refractivity contribution in [1.29, 1.82) is 0 Å². The Hall–Kier alpha value is -1.37. The highest BCUT2D eigenvalue weighted by molar-refractivity contribution is 6.31. The normalized spacial score (nSPS) is 13.2. The van der Waals surface area contributed by atoms with Gasteiger partial charge in [0.25, 0.3) is 0 Å². The van der Waals surface area contributed by atoms with Crippen LogP contribution in [-0.2, 0) is 13.6 Å². The number of imidazole rings is 1. The molecule has 0 spiro atoms. The van der Waals surface area contributed by atoms with Crippen molar-refractivity contribution in [1.82, 2.24) is 24.2 Å². The van der Waals surface area contributed by atoms with Crippen LogP contribution in [0, 0.1) is 0 Å². The van der Waals surface area contributed by atoms with Crippen LogP contribution in [0.3, 0.4) is 0 Å². The zero-order chi connectivity index (χ0) is 14.0. The molecule has 0 aliphatic carbocycles. The van der Waals surface area contributed by atoms with Gasteiger partial charge in [-0.05, 0) is 14.1 Å². The van der Waals surface area contributed by atoms with Crippen LogP contribution in [0.25, 0.3) is 0 Å². The van der Waals surface area contributed by atoms with Gasteiger partial charge in [-0.1, -0.05) is 11.6 Å². The van der Waals surface area contributed by atoms with Crippen molar-refractivity contribution in [3.63, 3.8) is 0 Å². The van der Waals surface area contributed by atoms with Gasteiger partial charge in [0, 0.05) is 19.8 Å². The summed E-state index contributed by atoms with van der Waals surface area (Å²) in [6.45, 7) is 1.62. The number of nitrogens with two attached hydrogens (primary N) is 1. The fourth-order valence-corrected chi connectivity index (χ4v) is 2.15. The summed E-state index contributed by atoms with van der Waals surface area (Å²) < 4.78 is 3.71. The first kappa shape index (κ1) is 14.0. The van der Waals surface area contributed by atoms with Crippen molar-refractivity contribution in [3.8, 4) is 0 Å². The Morgan fingerprint density at radius 1 is 1.47 bits per heavy atom. The van der Waals surface area contributed by atoms with Crippen molar-refractivity contribution in [2.45, 2.75) is 12.6 Å². The molecule has 0 fully saturated rings. The molecule has 19 heavy (non-hydrogen) atoms. The smallest absolute Gasteiger partial charge is 0.0947 e. The van der Waals surface area contributed by atoms with Crippen LogP contribution in [0.15, 0.2) is 18.7 Å². The molecule has 7 heteroatoms. The maximum absolute atomic E-state index is 6.25. The van der Waals surface area contributed by atoms with Gasteiger partial charge >= 0.3 is 0 Å². The van der Waals surface area contributed by atoms with Crippen LogP contribution in [0.5, 0.6) is 0 Å². The Bertz CT molecular complexity index is 544. The quantitative estimate of drug-likeness (QED) is 0.884. The van der Waals surface area contributed by atoms with Gasteiger partial charge in [0.05, 0.1) is 41.5 Å². The molecule has 2 aromatic rings. The van der Waals surface area contributed by atoms with Gasteiger partial charge in [0.15, 0.2) is 0 Å². The number of hydrogen-bond donors (Lipinski definition) is 1. The minimum atomic E-state index is -0.363. The van der Waals surface area contributed by atoms with E-state index in [4.69, 9.17) is 17.3 Å². The molecule has 0 aliphatic rings. The van der Waals surface area contributed by atoms with Crippen LogP contribution < -0.4 is 5.73 Å². The van der Waals surface area contributed by atoms with E-state index in [-0.39, 0.29) is 6.04 Å². The molecule has 0 radical (unpaired) electrons. The van der Waals surface area contributed by atoms with E-state index in [9.17, 15) is 0 Å². The number of aromatic nitrogens is 4. The molecule has 0 amide bonds. The summed E-state index contributed by atoms with van der Waals surface area (Å²) in [4.78, 5) is 6.37. The van der Waals surface area contributed by atoms with Gasteiger partial charge in [-0.2, -0.15) is 5.10 Å². The van der Waals surface area contributed by atoms with E-state index >= 15 is 0 Å². The fraction of sp³-hybridized carbons (Fsp3) is 0.500. The van der Waals surface area contributed by atoms with Crippen molar-refractivity contribution >= 4 is 11.6 Å². The van der Waals surface area contributed by atoms with Crippen LogP contribution in [0.2, 0.25) is 5.02 Å². The minimum Gasteiger partial charge on any atom is -0.340 e. The van der Waals surface area contributed by atoms with E-state index in [1.54, 1.807) is 12.5 Å². The average Bonchev–Trinajstić information content (AvgIpc) is 2.92. The minimum absolute atomic E-state index is 0.363. The second-order valence-electron chi connectivity index (χ2n) is 4.85. The second kappa shape index (κ2) is 5.73. The topological polar surface area (TPSA) is 64.9 Å². The van der Waals surface area contributed by atoms with E-state index in [2.05, 4.69) is 15.0 Å². The van der Waals surface area contributed by atoms with Gasteiger partial charge in [-0.25, -0.2) is 4.98 Å². The van der Waals surface area contributed by atoms with Crippen LogP contribution in [0.1, 0.15) is 17.4 Å². The van der Waals surface area contributed by atoms with Gasteiger partial charge in [-0.3, -0.25) is 4.68 Å². The number of aryl methyl sites for hydroxylation is 1. The SMILES string of the molecule is CN(C)CCn1ncc(Cl)c1C(N)c1cn(C)cn1. The Morgan fingerprint density at radius 3 is 2.79 bits per heavy atom. The summed E-state index contributed by atoms with van der Waals surface area (Å²) in [5, 5.41) is 4.87. The van der Waals surface area contributed by atoms with Gasteiger partial charge < -0.3 is 15.2 Å². The van der Waals surface area contributed by atoms with Crippen molar-refractivity contribution in [3.05, 3.63) is 35.1 Å². The third-order valence-corrected chi connectivity index (χ3v) is 3.22. The lowest BCUT2D eigenvalue weighted by Gasteiger charge is -2.15. The highest BCUT2D eigenvalue weighted by atomic mass is 35.5. The number of likely N-dealkylation sites (N-methyl/N-ethyl adjacent to an activating group) is 1. The molecule has 0 aliphatic heterocycles. The van der Waals surface area contributed by atoms with Gasteiger partial charge in [-0.15, -0.1) is 0 Å². The van der Waals surface area contributed by atoms with E-state index in [1.165, 1.54) is 0 Å². The molecule has 2 aromatic heterocycles. The maximum atomic E-state index is 6.25. The largest absolute Gasteiger partial charge is 0.340 e. The van der Waals surface area contributed by atoms with Crippen LogP contribution >= 0.6 is 11.6 Å². The maximum Gasteiger partial charge on any atom is 0.0947 e. The number of nitrogens with zero attached hydrogens (tertiary/aromatic N) is 5. The first-order valence-electron chi connectivity index (χ1n) is 6.08. The van der Waals surface area contributed by atoms with Crippen LogP contribution in [-0.4, -0.2) is 44.9 Å². The third-order valence-electron chi connectivity index (χ3n) is 2.93. The van der Waals surface area contributed by atoms with Crippen molar-refractivity contribution < 1.29 is 0 Å². The number of halogens is 1. The summed E-state index contributed by atoms with van der Waals surface area (Å²) in [5.41, 5.74) is 7.84. The van der Waals surface area contributed by atoms with E-state index in [1.807, 2.05) is 36.6 Å². The Balaban J connectivity index is 2.25. The Labute approximate surface area is 117 Å². The molecule has 2 rings (SSSR count). The summed E-state index contributed by atoms with van der Waals surface area (Å²) in [6.07, 6.45) is 5.25. The highest BCUT2D eigenvalue weighted by Crippen LogP contribution is 2.25. The Kier molecular flexibility index (Phi) is 4.24. The summed E-state index contributed by atoms with van der Waals surface area (Å²) in [7, 11) is 5.95. The second-order valence-corrected chi connectivity index (χ2v) is 5.25. The molecule has 0 aromatic carbocycles. The summed E-state index contributed by atoms with van der Waals surface area (Å²) in [5.74, 6) is 0. The fourth-order valence-electron chi connectivity index (χ4n) is 1.89. The zero-order valence-corrected chi connectivity index (χ0v) is 12.2. The molecule has 1 unspecified atom stereocenters.